The van der Waals surface area contributed by atoms with Crippen molar-refractivity contribution in [1.29, 1.82) is 0 Å². The Morgan fingerprint density at radius 3 is 2.70 bits per heavy atom. The lowest BCUT2D eigenvalue weighted by Gasteiger charge is -2.15. The summed E-state index contributed by atoms with van der Waals surface area (Å²) in [7, 11) is 0. The maximum absolute atomic E-state index is 12.9. The van der Waals surface area contributed by atoms with Crippen molar-refractivity contribution >= 4 is 17.7 Å². The first kappa shape index (κ1) is 17.5. The molecule has 0 bridgehead atoms. The summed E-state index contributed by atoms with van der Waals surface area (Å²) in [6.07, 6.45) is 3.57. The number of oxazole rings is 1. The van der Waals surface area contributed by atoms with E-state index in [9.17, 15) is 9.18 Å². The van der Waals surface area contributed by atoms with Crippen molar-refractivity contribution in [2.45, 2.75) is 50.1 Å². The van der Waals surface area contributed by atoms with Gasteiger partial charge in [0.25, 0.3) is 5.22 Å². The summed E-state index contributed by atoms with van der Waals surface area (Å²) in [5, 5.41) is 3.10. The van der Waals surface area contributed by atoms with Gasteiger partial charge in [-0.25, -0.2) is 9.37 Å². The van der Waals surface area contributed by atoms with E-state index in [0.29, 0.717) is 11.0 Å². The van der Waals surface area contributed by atoms with Crippen molar-refractivity contribution in [3.8, 4) is 11.3 Å². The Morgan fingerprint density at radius 2 is 2.04 bits per heavy atom. The number of carbonyl (C=O) groups excluding carboxylic acids is 1. The van der Waals surface area contributed by atoms with E-state index in [1.54, 1.807) is 18.3 Å². The third kappa shape index (κ3) is 5.10. The van der Waals surface area contributed by atoms with Gasteiger partial charge < -0.3 is 9.73 Å². The van der Waals surface area contributed by atoms with Crippen LogP contribution in [0.2, 0.25) is 0 Å². The minimum Gasteiger partial charge on any atom is -0.431 e. The molecule has 0 saturated heterocycles. The molecular weight excluding hydrogens is 315 g/mol. The second-order valence-electron chi connectivity index (χ2n) is 5.46. The van der Waals surface area contributed by atoms with Gasteiger partial charge in [-0.2, -0.15) is 0 Å². The summed E-state index contributed by atoms with van der Waals surface area (Å²) in [5.41, 5.74) is 0.749. The van der Waals surface area contributed by atoms with E-state index < -0.39 is 0 Å². The number of carbonyl (C=O) groups is 1. The van der Waals surface area contributed by atoms with Crippen molar-refractivity contribution in [3.63, 3.8) is 0 Å². The molecule has 0 saturated carbocycles. The maximum Gasteiger partial charge on any atom is 0.256 e. The number of nitrogens with zero attached hydrogens (tertiary/aromatic N) is 1. The van der Waals surface area contributed by atoms with Crippen molar-refractivity contribution in [2.75, 3.05) is 0 Å². The second-order valence-corrected chi connectivity index (χ2v) is 6.75. The van der Waals surface area contributed by atoms with E-state index in [1.807, 2.05) is 13.8 Å². The lowest BCUT2D eigenvalue weighted by atomic mass is 10.2. The summed E-state index contributed by atoms with van der Waals surface area (Å²) in [6, 6.07) is 6.17. The molecule has 124 valence electrons. The molecule has 1 N–H and O–H groups in total. The zero-order valence-electron chi connectivity index (χ0n) is 13.5. The van der Waals surface area contributed by atoms with Gasteiger partial charge in [-0.3, -0.25) is 4.79 Å². The maximum atomic E-state index is 12.9. The number of amides is 1. The number of aromatic nitrogens is 1. The normalized spacial score (nSPS) is 13.6. The molecule has 1 amide bonds. The van der Waals surface area contributed by atoms with Gasteiger partial charge in [0.1, 0.15) is 5.82 Å². The predicted octanol–water partition coefficient (Wildman–Crippen LogP) is 4.27. The van der Waals surface area contributed by atoms with Crippen molar-refractivity contribution in [2.24, 2.45) is 0 Å². The molecule has 2 rings (SSSR count). The molecule has 4 nitrogen and oxygen atoms in total. The third-order valence-electron chi connectivity index (χ3n) is 3.37. The molecule has 2 unspecified atom stereocenters. The molecule has 0 aliphatic rings. The molecule has 2 aromatic rings. The van der Waals surface area contributed by atoms with Gasteiger partial charge in [-0.15, -0.1) is 0 Å². The molecule has 6 heteroatoms. The Bertz CT molecular complexity index is 642. The molecule has 2 atom stereocenters. The highest BCUT2D eigenvalue weighted by Crippen LogP contribution is 2.28. The van der Waals surface area contributed by atoms with Crippen molar-refractivity contribution in [1.82, 2.24) is 10.3 Å². The molecule has 0 aliphatic carbocycles. The molecule has 1 heterocycles. The number of hydrogen-bond donors (Lipinski definition) is 1. The molecule has 0 aliphatic heterocycles. The Labute approximate surface area is 139 Å². The Balaban J connectivity index is 1.95. The van der Waals surface area contributed by atoms with E-state index in [1.165, 1.54) is 23.9 Å². The average Bonchev–Trinajstić information content (AvgIpc) is 2.96. The predicted molar refractivity (Wildman–Crippen MR) is 89.7 cm³/mol. The summed E-state index contributed by atoms with van der Waals surface area (Å²) in [5.74, 6) is 0.228. The molecule has 0 radical (unpaired) electrons. The second kappa shape index (κ2) is 8.15. The van der Waals surface area contributed by atoms with Crippen LogP contribution in [0.5, 0.6) is 0 Å². The van der Waals surface area contributed by atoms with E-state index in [0.717, 1.165) is 18.4 Å². The molecule has 0 fully saturated rings. The van der Waals surface area contributed by atoms with E-state index in [2.05, 4.69) is 17.2 Å². The number of rotatable bonds is 7. The monoisotopic (exact) mass is 336 g/mol. The lowest BCUT2D eigenvalue weighted by molar-refractivity contribution is -0.120. The van der Waals surface area contributed by atoms with Crippen LogP contribution in [0.15, 0.2) is 40.1 Å². The molecular formula is C17H21FN2O2S. The summed E-state index contributed by atoms with van der Waals surface area (Å²) < 4.78 is 18.6. The first-order chi connectivity index (χ1) is 11.0. The van der Waals surface area contributed by atoms with Crippen LogP contribution in [0.25, 0.3) is 11.3 Å². The van der Waals surface area contributed by atoms with Crippen LogP contribution in [-0.4, -0.2) is 22.2 Å². The zero-order chi connectivity index (χ0) is 16.8. The van der Waals surface area contributed by atoms with Gasteiger partial charge in [-0.1, -0.05) is 25.1 Å². The summed E-state index contributed by atoms with van der Waals surface area (Å²) >= 11 is 1.27. The fraction of sp³-hybridized carbons (Fsp3) is 0.412. The van der Waals surface area contributed by atoms with E-state index in [4.69, 9.17) is 4.42 Å². The molecule has 1 aromatic carbocycles. The fourth-order valence-electron chi connectivity index (χ4n) is 2.13. The van der Waals surface area contributed by atoms with E-state index in [-0.39, 0.29) is 23.0 Å². The smallest absolute Gasteiger partial charge is 0.256 e. The highest BCUT2D eigenvalue weighted by molar-refractivity contribution is 8.00. The van der Waals surface area contributed by atoms with Crippen LogP contribution in [0.3, 0.4) is 0 Å². The van der Waals surface area contributed by atoms with Gasteiger partial charge >= 0.3 is 0 Å². The zero-order valence-corrected chi connectivity index (χ0v) is 14.3. The standard InChI is InChI=1S/C17H21FN2O2S/c1-4-5-11(2)20-16(21)12(3)23-17-19-10-15(22-17)13-6-8-14(18)9-7-13/h6-12H,4-5H2,1-3H3,(H,20,21). The SMILES string of the molecule is CCCC(C)NC(=O)C(C)Sc1ncc(-c2ccc(F)cc2)o1. The van der Waals surface area contributed by atoms with Crippen LogP contribution in [0, 0.1) is 5.82 Å². The number of nitrogens with one attached hydrogen (secondary N) is 1. The Hall–Kier alpha value is -1.82. The minimum absolute atomic E-state index is 0.0301. The largest absolute Gasteiger partial charge is 0.431 e. The van der Waals surface area contributed by atoms with Crippen LogP contribution in [0.1, 0.15) is 33.6 Å². The number of hydrogen-bond acceptors (Lipinski definition) is 4. The number of thioether (sulfide) groups is 1. The van der Waals surface area contributed by atoms with Crippen molar-refractivity contribution in [3.05, 3.63) is 36.3 Å². The van der Waals surface area contributed by atoms with Crippen LogP contribution in [0.4, 0.5) is 4.39 Å². The summed E-state index contributed by atoms with van der Waals surface area (Å²) in [4.78, 5) is 16.3. The van der Waals surface area contributed by atoms with Crippen LogP contribution >= 0.6 is 11.8 Å². The highest BCUT2D eigenvalue weighted by Gasteiger charge is 2.19. The molecule has 1 aromatic heterocycles. The quantitative estimate of drug-likeness (QED) is 0.767. The molecule has 0 spiro atoms. The van der Waals surface area contributed by atoms with Gasteiger partial charge in [0.05, 0.1) is 11.4 Å². The lowest BCUT2D eigenvalue weighted by Crippen LogP contribution is -2.37. The third-order valence-corrected chi connectivity index (χ3v) is 4.33. The topological polar surface area (TPSA) is 55.1 Å². The van der Waals surface area contributed by atoms with Gasteiger partial charge in [-0.05, 0) is 44.5 Å². The van der Waals surface area contributed by atoms with Crippen LogP contribution < -0.4 is 5.32 Å². The number of halogens is 1. The fourth-order valence-corrected chi connectivity index (χ4v) is 2.86. The minimum atomic E-state index is -0.297. The molecule has 23 heavy (non-hydrogen) atoms. The van der Waals surface area contributed by atoms with Crippen molar-refractivity contribution < 1.29 is 13.6 Å². The van der Waals surface area contributed by atoms with Crippen LogP contribution in [-0.2, 0) is 4.79 Å². The first-order valence-electron chi connectivity index (χ1n) is 7.68. The Kier molecular flexibility index (Phi) is 6.21. The highest BCUT2D eigenvalue weighted by atomic mass is 32.2. The van der Waals surface area contributed by atoms with E-state index >= 15 is 0 Å². The Morgan fingerprint density at radius 1 is 1.35 bits per heavy atom. The average molecular weight is 336 g/mol. The number of benzene rings is 1. The first-order valence-corrected chi connectivity index (χ1v) is 8.56. The summed E-state index contributed by atoms with van der Waals surface area (Å²) in [6.45, 7) is 5.90. The van der Waals surface area contributed by atoms with Gasteiger partial charge in [0.15, 0.2) is 5.76 Å². The van der Waals surface area contributed by atoms with Gasteiger partial charge in [0, 0.05) is 11.6 Å². The van der Waals surface area contributed by atoms with Gasteiger partial charge in [0.2, 0.25) is 5.91 Å².